The topological polar surface area (TPSA) is 102 Å². The first-order valence-electron chi connectivity index (χ1n) is 13.7. The highest BCUT2D eigenvalue weighted by molar-refractivity contribution is 5.94. The van der Waals surface area contributed by atoms with Crippen LogP contribution in [0.15, 0.2) is 101 Å². The number of rotatable bonds is 8. The molecule has 212 valence electrons. The number of nitrogens with zero attached hydrogens (tertiary/aromatic N) is 2. The van der Waals surface area contributed by atoms with Gasteiger partial charge in [-0.15, -0.1) is 0 Å². The molecule has 0 aliphatic rings. The average Bonchev–Trinajstić information content (AvgIpc) is 2.99. The minimum atomic E-state index is -0.589. The van der Waals surface area contributed by atoms with Crippen molar-refractivity contribution in [3.8, 4) is 0 Å². The lowest BCUT2D eigenvalue weighted by Gasteiger charge is -2.15. The van der Waals surface area contributed by atoms with Crippen LogP contribution in [0.25, 0.3) is 10.9 Å². The maximum Gasteiger partial charge on any atom is 0.332 e. The predicted molar refractivity (Wildman–Crippen MR) is 165 cm³/mol. The zero-order valence-electron chi connectivity index (χ0n) is 23.8. The van der Waals surface area contributed by atoms with Crippen LogP contribution in [0.4, 0.5) is 5.69 Å². The lowest BCUT2D eigenvalue weighted by atomic mass is 10.1. The second-order valence-corrected chi connectivity index (χ2v) is 10.5. The standard InChI is InChI=1S/C34H32N4O4/c1-22-8-11-25(12-9-22)19-35-32(40)27-15-13-26(14-16-27)20-38-33(41)29-6-4-5-7-30(29)37(34(38)42)21-31(39)36-28-17-10-23(2)24(3)18-28/h4-18H,19-21H2,1-3H3,(H,35,40)(H,36,39). The van der Waals surface area contributed by atoms with E-state index >= 15 is 0 Å². The molecule has 0 saturated carbocycles. The molecule has 5 rings (SSSR count). The van der Waals surface area contributed by atoms with Crippen molar-refractivity contribution in [2.45, 2.75) is 40.4 Å². The van der Waals surface area contributed by atoms with E-state index in [0.29, 0.717) is 34.3 Å². The van der Waals surface area contributed by atoms with Gasteiger partial charge in [-0.05, 0) is 79.4 Å². The Balaban J connectivity index is 1.36. The first kappa shape index (κ1) is 28.3. The summed E-state index contributed by atoms with van der Waals surface area (Å²) in [4.78, 5) is 52.6. The van der Waals surface area contributed by atoms with Crippen molar-refractivity contribution in [2.24, 2.45) is 0 Å². The molecule has 0 spiro atoms. The summed E-state index contributed by atoms with van der Waals surface area (Å²) in [5.74, 6) is -0.598. The molecule has 2 amide bonds. The number of hydrogen-bond acceptors (Lipinski definition) is 4. The van der Waals surface area contributed by atoms with Gasteiger partial charge in [-0.1, -0.05) is 60.2 Å². The molecule has 42 heavy (non-hydrogen) atoms. The highest BCUT2D eigenvalue weighted by atomic mass is 16.2. The molecule has 0 unspecified atom stereocenters. The van der Waals surface area contributed by atoms with E-state index in [0.717, 1.165) is 26.8 Å². The Morgan fingerprint density at radius 1 is 0.738 bits per heavy atom. The van der Waals surface area contributed by atoms with Crippen LogP contribution in [0.2, 0.25) is 0 Å². The monoisotopic (exact) mass is 560 g/mol. The van der Waals surface area contributed by atoms with Gasteiger partial charge in [-0.2, -0.15) is 0 Å². The number of carbonyl (C=O) groups is 2. The number of amides is 2. The van der Waals surface area contributed by atoms with Crippen LogP contribution in [-0.4, -0.2) is 20.9 Å². The molecule has 4 aromatic carbocycles. The largest absolute Gasteiger partial charge is 0.348 e. The zero-order valence-corrected chi connectivity index (χ0v) is 23.8. The third kappa shape index (κ3) is 6.23. The fourth-order valence-corrected chi connectivity index (χ4v) is 4.76. The molecular formula is C34H32N4O4. The van der Waals surface area contributed by atoms with Crippen molar-refractivity contribution in [3.05, 3.63) is 145 Å². The number of aromatic nitrogens is 2. The van der Waals surface area contributed by atoms with E-state index in [9.17, 15) is 19.2 Å². The van der Waals surface area contributed by atoms with Gasteiger partial charge in [-0.25, -0.2) is 4.79 Å². The van der Waals surface area contributed by atoms with Gasteiger partial charge in [0.15, 0.2) is 0 Å². The Hall–Kier alpha value is -5.24. The van der Waals surface area contributed by atoms with E-state index in [1.54, 1.807) is 48.5 Å². The fraction of sp³-hybridized carbons (Fsp3) is 0.176. The minimum absolute atomic E-state index is 0.00740. The number of carbonyl (C=O) groups excluding carboxylic acids is 2. The van der Waals surface area contributed by atoms with Gasteiger partial charge in [0.1, 0.15) is 6.54 Å². The van der Waals surface area contributed by atoms with Crippen LogP contribution in [0.1, 0.15) is 38.2 Å². The molecule has 0 fully saturated rings. The first-order chi connectivity index (χ1) is 20.2. The maximum atomic E-state index is 13.6. The number of fused-ring (bicyclic) bond motifs is 1. The van der Waals surface area contributed by atoms with Crippen LogP contribution in [0, 0.1) is 20.8 Å². The molecule has 5 aromatic rings. The summed E-state index contributed by atoms with van der Waals surface area (Å²) in [5.41, 5.74) is 5.44. The minimum Gasteiger partial charge on any atom is -0.348 e. The van der Waals surface area contributed by atoms with E-state index in [4.69, 9.17) is 0 Å². The highest BCUT2D eigenvalue weighted by Gasteiger charge is 2.16. The van der Waals surface area contributed by atoms with E-state index in [2.05, 4.69) is 10.6 Å². The number of benzene rings is 4. The SMILES string of the molecule is Cc1ccc(CNC(=O)c2ccc(Cn3c(=O)c4ccccc4n(CC(=O)Nc4ccc(C)c(C)c4)c3=O)cc2)cc1. The Kier molecular flexibility index (Phi) is 8.15. The first-order valence-corrected chi connectivity index (χ1v) is 13.7. The van der Waals surface area contributed by atoms with Crippen LogP contribution in [-0.2, 0) is 24.4 Å². The van der Waals surface area contributed by atoms with E-state index in [1.165, 1.54) is 4.57 Å². The van der Waals surface area contributed by atoms with Crippen molar-refractivity contribution in [3.63, 3.8) is 0 Å². The third-order valence-corrected chi connectivity index (χ3v) is 7.36. The molecule has 8 heteroatoms. The van der Waals surface area contributed by atoms with Crippen molar-refractivity contribution >= 4 is 28.4 Å². The molecule has 0 saturated heterocycles. The maximum absolute atomic E-state index is 13.6. The smallest absolute Gasteiger partial charge is 0.332 e. The Morgan fingerprint density at radius 3 is 2.14 bits per heavy atom. The van der Waals surface area contributed by atoms with Crippen LogP contribution in [0.5, 0.6) is 0 Å². The Bertz CT molecular complexity index is 1900. The molecule has 0 aliphatic heterocycles. The quantitative estimate of drug-likeness (QED) is 0.287. The number of para-hydroxylation sites is 1. The van der Waals surface area contributed by atoms with Gasteiger partial charge >= 0.3 is 5.69 Å². The molecule has 1 aromatic heterocycles. The van der Waals surface area contributed by atoms with Crippen molar-refractivity contribution in [1.29, 1.82) is 0 Å². The van der Waals surface area contributed by atoms with Crippen LogP contribution >= 0.6 is 0 Å². The highest BCUT2D eigenvalue weighted by Crippen LogP contribution is 2.15. The van der Waals surface area contributed by atoms with Crippen molar-refractivity contribution in [1.82, 2.24) is 14.5 Å². The summed E-state index contributed by atoms with van der Waals surface area (Å²) < 4.78 is 2.44. The molecule has 0 bridgehead atoms. The van der Waals surface area contributed by atoms with Gasteiger partial charge in [-0.3, -0.25) is 23.5 Å². The predicted octanol–water partition coefficient (Wildman–Crippen LogP) is 4.71. The van der Waals surface area contributed by atoms with E-state index < -0.39 is 11.2 Å². The second kappa shape index (κ2) is 12.1. The summed E-state index contributed by atoms with van der Waals surface area (Å²) in [5, 5.41) is 6.09. The van der Waals surface area contributed by atoms with Gasteiger partial charge in [0.2, 0.25) is 5.91 Å². The Labute approximate surface area is 243 Å². The summed E-state index contributed by atoms with van der Waals surface area (Å²) in [6.45, 7) is 6.10. The summed E-state index contributed by atoms with van der Waals surface area (Å²) >= 11 is 0. The van der Waals surface area contributed by atoms with Gasteiger partial charge < -0.3 is 10.6 Å². The van der Waals surface area contributed by atoms with E-state index in [-0.39, 0.29) is 24.9 Å². The van der Waals surface area contributed by atoms with E-state index in [1.807, 2.05) is 63.2 Å². The normalized spacial score (nSPS) is 10.9. The molecule has 0 radical (unpaired) electrons. The number of nitrogens with one attached hydrogen (secondary N) is 2. The fourth-order valence-electron chi connectivity index (χ4n) is 4.76. The number of aryl methyl sites for hydroxylation is 3. The molecule has 0 aliphatic carbocycles. The van der Waals surface area contributed by atoms with Crippen LogP contribution < -0.4 is 21.9 Å². The average molecular weight is 561 g/mol. The van der Waals surface area contributed by atoms with Crippen molar-refractivity contribution in [2.75, 3.05) is 5.32 Å². The molecule has 0 atom stereocenters. The molecule has 8 nitrogen and oxygen atoms in total. The second-order valence-electron chi connectivity index (χ2n) is 10.5. The summed E-state index contributed by atoms with van der Waals surface area (Å²) in [7, 11) is 0. The van der Waals surface area contributed by atoms with Crippen LogP contribution in [0.3, 0.4) is 0 Å². The molecule has 1 heterocycles. The van der Waals surface area contributed by atoms with Gasteiger partial charge in [0.05, 0.1) is 17.4 Å². The molecule has 2 N–H and O–H groups in total. The zero-order chi connectivity index (χ0) is 29.8. The van der Waals surface area contributed by atoms with Crippen molar-refractivity contribution < 1.29 is 9.59 Å². The third-order valence-electron chi connectivity index (χ3n) is 7.36. The lowest BCUT2D eigenvalue weighted by molar-refractivity contribution is -0.116. The molecular weight excluding hydrogens is 528 g/mol. The van der Waals surface area contributed by atoms with Gasteiger partial charge in [0, 0.05) is 17.8 Å². The summed E-state index contributed by atoms with van der Waals surface area (Å²) in [6, 6.07) is 27.1. The summed E-state index contributed by atoms with van der Waals surface area (Å²) in [6.07, 6.45) is 0. The lowest BCUT2D eigenvalue weighted by Crippen LogP contribution is -2.42. The number of hydrogen-bond donors (Lipinski definition) is 2. The number of anilines is 1. The van der Waals surface area contributed by atoms with Gasteiger partial charge in [0.25, 0.3) is 11.5 Å². The Morgan fingerprint density at radius 2 is 1.43 bits per heavy atom.